The van der Waals surface area contributed by atoms with Gasteiger partial charge in [0.1, 0.15) is 5.69 Å². The number of nitrogens with one attached hydrogen (secondary N) is 1. The Labute approximate surface area is 101 Å². The summed E-state index contributed by atoms with van der Waals surface area (Å²) in [5.74, 6) is -9.32. The molecule has 18 heavy (non-hydrogen) atoms. The zero-order chi connectivity index (χ0) is 13.4. The largest absolute Gasteiger partial charge is 0.377 e. The van der Waals surface area contributed by atoms with Crippen LogP contribution in [-0.4, -0.2) is 6.04 Å². The van der Waals surface area contributed by atoms with Crippen LogP contribution in [0, 0.1) is 35.0 Å². The van der Waals surface area contributed by atoms with Crippen molar-refractivity contribution in [1.29, 1.82) is 0 Å². The Kier molecular flexibility index (Phi) is 3.45. The molecule has 0 heterocycles. The number of anilines is 1. The van der Waals surface area contributed by atoms with E-state index in [-0.39, 0.29) is 12.0 Å². The Morgan fingerprint density at radius 2 is 1.39 bits per heavy atom. The van der Waals surface area contributed by atoms with Crippen molar-refractivity contribution in [3.63, 3.8) is 0 Å². The summed E-state index contributed by atoms with van der Waals surface area (Å²) in [6.07, 6.45) is 2.37. The van der Waals surface area contributed by atoms with Gasteiger partial charge < -0.3 is 5.32 Å². The monoisotopic (exact) mass is 265 g/mol. The van der Waals surface area contributed by atoms with Crippen molar-refractivity contribution in [2.75, 3.05) is 5.32 Å². The number of hydrogen-bond acceptors (Lipinski definition) is 1. The first kappa shape index (κ1) is 13.1. The van der Waals surface area contributed by atoms with Crippen LogP contribution in [0.5, 0.6) is 0 Å². The molecule has 0 spiro atoms. The Hall–Kier alpha value is -1.33. The second kappa shape index (κ2) is 4.74. The Morgan fingerprint density at radius 3 is 1.78 bits per heavy atom. The molecule has 0 aliphatic heterocycles. The van der Waals surface area contributed by atoms with Gasteiger partial charge in [-0.25, -0.2) is 22.0 Å². The summed E-state index contributed by atoms with van der Waals surface area (Å²) in [4.78, 5) is 0. The highest BCUT2D eigenvalue weighted by Gasteiger charge is 2.33. The Morgan fingerprint density at radius 1 is 0.944 bits per heavy atom. The van der Waals surface area contributed by atoms with Crippen LogP contribution in [0.3, 0.4) is 0 Å². The summed E-state index contributed by atoms with van der Waals surface area (Å²) >= 11 is 0. The van der Waals surface area contributed by atoms with E-state index in [1.807, 2.05) is 0 Å². The first-order valence-electron chi connectivity index (χ1n) is 5.75. The van der Waals surface area contributed by atoms with Gasteiger partial charge in [-0.15, -0.1) is 0 Å². The topological polar surface area (TPSA) is 12.0 Å². The van der Waals surface area contributed by atoms with Gasteiger partial charge in [-0.2, -0.15) is 0 Å². The SMILES string of the molecule is CCC(Nc1c(F)c(F)c(F)c(F)c1F)C1CC1. The second-order valence-electron chi connectivity index (χ2n) is 4.44. The first-order chi connectivity index (χ1) is 8.47. The van der Waals surface area contributed by atoms with Gasteiger partial charge in [0.2, 0.25) is 5.82 Å². The van der Waals surface area contributed by atoms with Crippen molar-refractivity contribution in [3.8, 4) is 0 Å². The molecule has 1 aliphatic rings. The maximum absolute atomic E-state index is 13.4. The van der Waals surface area contributed by atoms with Crippen molar-refractivity contribution >= 4 is 5.69 Å². The highest BCUT2D eigenvalue weighted by atomic mass is 19.2. The van der Waals surface area contributed by atoms with Crippen molar-refractivity contribution < 1.29 is 22.0 Å². The predicted octanol–water partition coefficient (Wildman–Crippen LogP) is 3.98. The fourth-order valence-corrected chi connectivity index (χ4v) is 1.97. The maximum atomic E-state index is 13.4. The second-order valence-corrected chi connectivity index (χ2v) is 4.44. The van der Waals surface area contributed by atoms with Crippen LogP contribution >= 0.6 is 0 Å². The van der Waals surface area contributed by atoms with Gasteiger partial charge in [0.25, 0.3) is 0 Å². The minimum absolute atomic E-state index is 0.241. The molecule has 0 amide bonds. The van der Waals surface area contributed by atoms with Crippen molar-refractivity contribution in [2.24, 2.45) is 5.92 Å². The normalized spacial score (nSPS) is 16.8. The molecule has 1 saturated carbocycles. The zero-order valence-corrected chi connectivity index (χ0v) is 9.67. The van der Waals surface area contributed by atoms with Crippen LogP contribution in [-0.2, 0) is 0 Å². The fraction of sp³-hybridized carbons (Fsp3) is 0.500. The highest BCUT2D eigenvalue weighted by Crippen LogP contribution is 2.37. The van der Waals surface area contributed by atoms with E-state index in [9.17, 15) is 22.0 Å². The van der Waals surface area contributed by atoms with E-state index >= 15 is 0 Å². The molecule has 1 aromatic rings. The van der Waals surface area contributed by atoms with Crippen LogP contribution in [0.2, 0.25) is 0 Å². The lowest BCUT2D eigenvalue weighted by atomic mass is 10.1. The molecule has 1 nitrogen and oxygen atoms in total. The van der Waals surface area contributed by atoms with Crippen LogP contribution in [0.25, 0.3) is 0 Å². The molecule has 0 saturated heterocycles. The minimum Gasteiger partial charge on any atom is -0.377 e. The number of hydrogen-bond donors (Lipinski definition) is 1. The van der Waals surface area contributed by atoms with Crippen LogP contribution in [0.15, 0.2) is 0 Å². The van der Waals surface area contributed by atoms with E-state index in [1.165, 1.54) is 0 Å². The third-order valence-corrected chi connectivity index (χ3v) is 3.17. The van der Waals surface area contributed by atoms with E-state index in [1.54, 1.807) is 6.92 Å². The van der Waals surface area contributed by atoms with Gasteiger partial charge in [0.15, 0.2) is 23.3 Å². The lowest BCUT2D eigenvalue weighted by Gasteiger charge is -2.19. The predicted molar refractivity (Wildman–Crippen MR) is 56.7 cm³/mol. The van der Waals surface area contributed by atoms with E-state index in [0.717, 1.165) is 12.8 Å². The van der Waals surface area contributed by atoms with Gasteiger partial charge >= 0.3 is 0 Å². The molecular weight excluding hydrogens is 253 g/mol. The molecule has 2 rings (SSSR count). The van der Waals surface area contributed by atoms with E-state index < -0.39 is 34.8 Å². The molecule has 6 heteroatoms. The van der Waals surface area contributed by atoms with Gasteiger partial charge in [-0.05, 0) is 25.2 Å². The van der Waals surface area contributed by atoms with Gasteiger partial charge in [-0.3, -0.25) is 0 Å². The van der Waals surface area contributed by atoms with Gasteiger partial charge in [0.05, 0.1) is 0 Å². The highest BCUT2D eigenvalue weighted by molar-refractivity contribution is 5.48. The standard InChI is InChI=1S/C12H12F5N/c1-2-6(5-3-4-5)18-12-10(16)8(14)7(13)9(15)11(12)17/h5-6,18H,2-4H2,1H3. The third-order valence-electron chi connectivity index (χ3n) is 3.17. The van der Waals surface area contributed by atoms with Crippen molar-refractivity contribution in [1.82, 2.24) is 0 Å². The molecule has 1 aliphatic carbocycles. The Bertz CT molecular complexity index is 441. The molecule has 0 aromatic heterocycles. The molecular formula is C12H12F5N. The minimum atomic E-state index is -2.13. The van der Waals surface area contributed by atoms with Gasteiger partial charge in [0, 0.05) is 6.04 Å². The smallest absolute Gasteiger partial charge is 0.200 e. The molecule has 0 radical (unpaired) electrons. The average Bonchev–Trinajstić information content (AvgIpc) is 3.19. The summed E-state index contributed by atoms with van der Waals surface area (Å²) in [7, 11) is 0. The summed E-state index contributed by atoms with van der Waals surface area (Å²) in [5, 5.41) is 2.44. The number of halogens is 5. The molecule has 1 fully saturated rings. The average molecular weight is 265 g/mol. The Balaban J connectivity index is 2.37. The summed E-state index contributed by atoms with van der Waals surface area (Å²) in [6, 6.07) is -0.265. The van der Waals surface area contributed by atoms with E-state index in [0.29, 0.717) is 6.42 Å². The number of benzene rings is 1. The maximum Gasteiger partial charge on any atom is 0.200 e. The lowest BCUT2D eigenvalue weighted by molar-refractivity contribution is 0.380. The van der Waals surface area contributed by atoms with Crippen LogP contribution < -0.4 is 5.32 Å². The summed E-state index contributed by atoms with van der Waals surface area (Å²) in [5.41, 5.74) is -0.926. The number of rotatable bonds is 4. The van der Waals surface area contributed by atoms with E-state index in [2.05, 4.69) is 5.32 Å². The molecule has 1 aromatic carbocycles. The third kappa shape index (κ3) is 2.15. The lowest BCUT2D eigenvalue weighted by Crippen LogP contribution is -2.23. The first-order valence-corrected chi connectivity index (χ1v) is 5.75. The zero-order valence-electron chi connectivity index (χ0n) is 9.67. The van der Waals surface area contributed by atoms with Crippen LogP contribution in [0.4, 0.5) is 27.6 Å². The van der Waals surface area contributed by atoms with E-state index in [4.69, 9.17) is 0 Å². The quantitative estimate of drug-likeness (QED) is 0.493. The molecule has 0 bridgehead atoms. The molecule has 1 atom stereocenters. The summed E-state index contributed by atoms with van der Waals surface area (Å²) < 4.78 is 65.6. The van der Waals surface area contributed by atoms with Gasteiger partial charge in [-0.1, -0.05) is 6.92 Å². The molecule has 1 unspecified atom stereocenters. The fourth-order valence-electron chi connectivity index (χ4n) is 1.97. The van der Waals surface area contributed by atoms with Crippen molar-refractivity contribution in [2.45, 2.75) is 32.2 Å². The van der Waals surface area contributed by atoms with Crippen molar-refractivity contribution in [3.05, 3.63) is 29.1 Å². The molecule has 100 valence electrons. The van der Waals surface area contributed by atoms with Crippen LogP contribution in [0.1, 0.15) is 26.2 Å². The molecule has 1 N–H and O–H groups in total. The summed E-state index contributed by atoms with van der Waals surface area (Å²) in [6.45, 7) is 1.79.